The molecule has 1 aliphatic rings. The zero-order valence-corrected chi connectivity index (χ0v) is 19.1. The van der Waals surface area contributed by atoms with Gasteiger partial charge in [-0.3, -0.25) is 4.79 Å². The molecule has 0 unspecified atom stereocenters. The van der Waals surface area contributed by atoms with Crippen molar-refractivity contribution in [3.63, 3.8) is 0 Å². The van der Waals surface area contributed by atoms with E-state index in [1.165, 1.54) is 16.0 Å². The lowest BCUT2D eigenvalue weighted by Crippen LogP contribution is -2.21. The van der Waals surface area contributed by atoms with Crippen molar-refractivity contribution in [2.24, 2.45) is 0 Å². The topological polar surface area (TPSA) is 61.4 Å². The minimum absolute atomic E-state index is 0.0240. The molecule has 160 valence electrons. The van der Waals surface area contributed by atoms with Crippen molar-refractivity contribution in [1.82, 2.24) is 19.2 Å². The summed E-state index contributed by atoms with van der Waals surface area (Å²) in [7, 11) is 1.63. The minimum atomic E-state index is -0.0240. The Labute approximate surface area is 192 Å². The summed E-state index contributed by atoms with van der Waals surface area (Å²) < 4.78 is 9.05. The van der Waals surface area contributed by atoms with Crippen LogP contribution in [-0.2, 0) is 18.6 Å². The number of hydrogen-bond donors (Lipinski definition) is 0. The second-order valence-corrected chi connectivity index (χ2v) is 9.79. The normalized spacial score (nSPS) is 13.2. The lowest BCUT2D eigenvalue weighted by atomic mass is 10.2. The number of methoxy groups -OCH3 is 1. The molecule has 8 heteroatoms. The van der Waals surface area contributed by atoms with Gasteiger partial charge in [-0.15, -0.1) is 21.5 Å². The third-order valence-corrected chi connectivity index (χ3v) is 8.16. The van der Waals surface area contributed by atoms with Crippen molar-refractivity contribution >= 4 is 39.1 Å². The van der Waals surface area contributed by atoms with Crippen LogP contribution in [0.4, 0.5) is 0 Å². The first-order valence-corrected chi connectivity index (χ1v) is 12.3. The van der Waals surface area contributed by atoms with Gasteiger partial charge in [0.15, 0.2) is 5.16 Å². The van der Waals surface area contributed by atoms with E-state index < -0.39 is 0 Å². The number of thioether (sulfide) groups is 1. The third-order valence-electron chi connectivity index (χ3n) is 5.88. The summed E-state index contributed by atoms with van der Waals surface area (Å²) in [5.41, 5.74) is 3.16. The van der Waals surface area contributed by atoms with Gasteiger partial charge in [-0.25, -0.2) is 8.97 Å². The van der Waals surface area contributed by atoms with Gasteiger partial charge >= 0.3 is 0 Å². The van der Waals surface area contributed by atoms with Crippen LogP contribution in [0.3, 0.4) is 0 Å². The van der Waals surface area contributed by atoms with Gasteiger partial charge in [0.05, 0.1) is 18.2 Å². The number of aromatic nitrogens is 4. The van der Waals surface area contributed by atoms with Crippen LogP contribution in [0.1, 0.15) is 22.4 Å². The van der Waals surface area contributed by atoms with E-state index in [-0.39, 0.29) is 5.56 Å². The molecule has 0 saturated heterocycles. The Hall–Kier alpha value is -3.10. The maximum Gasteiger partial charge on any atom is 0.268 e. The van der Waals surface area contributed by atoms with E-state index in [0.717, 1.165) is 51.8 Å². The van der Waals surface area contributed by atoms with E-state index in [0.29, 0.717) is 5.78 Å². The summed E-state index contributed by atoms with van der Waals surface area (Å²) in [5, 5.41) is 10.6. The largest absolute Gasteiger partial charge is 0.497 e. The number of aryl methyl sites for hydroxylation is 2. The first-order chi connectivity index (χ1) is 15.7. The Kier molecular flexibility index (Phi) is 4.77. The maximum absolute atomic E-state index is 13.8. The van der Waals surface area contributed by atoms with Crippen molar-refractivity contribution in [2.45, 2.75) is 30.2 Å². The average molecular weight is 461 g/mol. The Morgan fingerprint density at radius 3 is 2.66 bits per heavy atom. The zero-order chi connectivity index (χ0) is 21.7. The molecule has 0 saturated carbocycles. The third kappa shape index (κ3) is 3.05. The summed E-state index contributed by atoms with van der Waals surface area (Å²) in [6.45, 7) is 0. The Balaban J connectivity index is 1.58. The molecule has 3 aromatic heterocycles. The molecule has 0 spiro atoms. The van der Waals surface area contributed by atoms with Crippen LogP contribution in [0.2, 0.25) is 0 Å². The summed E-state index contributed by atoms with van der Waals surface area (Å²) in [5.74, 6) is 2.08. The maximum atomic E-state index is 13.8. The van der Waals surface area contributed by atoms with Crippen LogP contribution in [0.15, 0.2) is 64.5 Å². The predicted molar refractivity (Wildman–Crippen MR) is 129 cm³/mol. The van der Waals surface area contributed by atoms with Crippen LogP contribution in [0, 0.1) is 0 Å². The van der Waals surface area contributed by atoms with Crippen LogP contribution in [-0.4, -0.2) is 26.3 Å². The first-order valence-electron chi connectivity index (χ1n) is 10.5. The van der Waals surface area contributed by atoms with Gasteiger partial charge in [0.2, 0.25) is 5.78 Å². The number of benzene rings is 2. The van der Waals surface area contributed by atoms with E-state index in [9.17, 15) is 4.79 Å². The molecule has 0 radical (unpaired) electrons. The molecule has 0 fully saturated rings. The molecule has 1 aliphatic carbocycles. The average Bonchev–Trinajstić information content (AvgIpc) is 3.53. The van der Waals surface area contributed by atoms with Gasteiger partial charge in [0, 0.05) is 10.6 Å². The van der Waals surface area contributed by atoms with Crippen LogP contribution >= 0.6 is 23.1 Å². The fourth-order valence-corrected chi connectivity index (χ4v) is 6.66. The second-order valence-electron chi connectivity index (χ2n) is 7.77. The van der Waals surface area contributed by atoms with E-state index in [1.807, 2.05) is 42.5 Å². The second kappa shape index (κ2) is 7.79. The molecule has 0 bridgehead atoms. The fraction of sp³-hybridized carbons (Fsp3) is 0.208. The van der Waals surface area contributed by atoms with E-state index >= 15 is 0 Å². The summed E-state index contributed by atoms with van der Waals surface area (Å²) in [6.07, 6.45) is 3.09. The fourth-order valence-electron chi connectivity index (χ4n) is 4.33. The lowest BCUT2D eigenvalue weighted by molar-refractivity contribution is 0.414. The molecular formula is C24H20N4O2S2. The van der Waals surface area contributed by atoms with Crippen molar-refractivity contribution in [3.05, 3.63) is 81.0 Å². The number of ether oxygens (including phenoxy) is 1. The van der Waals surface area contributed by atoms with Crippen LogP contribution < -0.4 is 10.3 Å². The Morgan fingerprint density at radius 1 is 1.06 bits per heavy atom. The zero-order valence-electron chi connectivity index (χ0n) is 17.4. The molecule has 0 atom stereocenters. The molecule has 5 aromatic rings. The molecule has 32 heavy (non-hydrogen) atoms. The van der Waals surface area contributed by atoms with Crippen LogP contribution in [0.5, 0.6) is 5.75 Å². The first kappa shape index (κ1) is 19.6. The number of hydrogen-bond acceptors (Lipinski definition) is 6. The van der Waals surface area contributed by atoms with E-state index in [1.54, 1.807) is 34.8 Å². The number of nitrogens with zero attached hydrogens (tertiary/aromatic N) is 4. The van der Waals surface area contributed by atoms with Gasteiger partial charge in [-0.1, -0.05) is 42.1 Å². The number of thiophene rings is 1. The van der Waals surface area contributed by atoms with Gasteiger partial charge in [-0.05, 0) is 54.7 Å². The van der Waals surface area contributed by atoms with Crippen molar-refractivity contribution < 1.29 is 4.74 Å². The van der Waals surface area contributed by atoms with Crippen molar-refractivity contribution in [3.8, 4) is 11.4 Å². The highest BCUT2D eigenvalue weighted by molar-refractivity contribution is 7.98. The van der Waals surface area contributed by atoms with Gasteiger partial charge in [-0.2, -0.15) is 0 Å². The molecule has 6 rings (SSSR count). The van der Waals surface area contributed by atoms with Gasteiger partial charge in [0.1, 0.15) is 10.6 Å². The molecule has 0 amide bonds. The van der Waals surface area contributed by atoms with Crippen LogP contribution in [0.25, 0.3) is 21.7 Å². The Morgan fingerprint density at radius 2 is 1.88 bits per heavy atom. The minimum Gasteiger partial charge on any atom is -0.497 e. The highest BCUT2D eigenvalue weighted by atomic mass is 32.2. The smallest absolute Gasteiger partial charge is 0.268 e. The molecular weight excluding hydrogens is 440 g/mol. The van der Waals surface area contributed by atoms with E-state index in [2.05, 4.69) is 26.7 Å². The summed E-state index contributed by atoms with van der Waals surface area (Å²) >= 11 is 3.36. The lowest BCUT2D eigenvalue weighted by Gasteiger charge is -2.10. The molecule has 2 aromatic carbocycles. The predicted octanol–water partition coefficient (Wildman–Crippen LogP) is 4.88. The van der Waals surface area contributed by atoms with Gasteiger partial charge < -0.3 is 4.74 Å². The quantitative estimate of drug-likeness (QED) is 0.350. The van der Waals surface area contributed by atoms with E-state index in [4.69, 9.17) is 4.74 Å². The molecule has 0 N–H and O–H groups in total. The highest BCUT2D eigenvalue weighted by Crippen LogP contribution is 2.37. The Bertz CT molecular complexity index is 1500. The molecule has 0 aliphatic heterocycles. The highest BCUT2D eigenvalue weighted by Gasteiger charge is 2.26. The van der Waals surface area contributed by atoms with Crippen molar-refractivity contribution in [1.29, 1.82) is 0 Å². The number of rotatable bonds is 5. The summed E-state index contributed by atoms with van der Waals surface area (Å²) in [4.78, 5) is 16.0. The molecule has 6 nitrogen and oxygen atoms in total. The van der Waals surface area contributed by atoms with Gasteiger partial charge in [0.25, 0.3) is 5.56 Å². The number of fused-ring (bicyclic) bond motifs is 5. The standard InChI is InChI=1S/C24H20N4O2S2/c1-30-17-12-10-16(11-13-17)27-21(29)20-18-8-5-9-19(18)32-22(20)28-23(27)25-26-24(28)31-14-15-6-3-2-4-7-15/h2-4,6-7,10-13H,5,8-9,14H2,1H3. The SMILES string of the molecule is COc1ccc(-n2c(=O)c3c4c(sc3n3c(SCc5ccccc5)nnc23)CCC4)cc1. The summed E-state index contributed by atoms with van der Waals surface area (Å²) in [6, 6.07) is 17.8. The van der Waals surface area contributed by atoms with Crippen molar-refractivity contribution in [2.75, 3.05) is 7.11 Å². The molecule has 3 heterocycles. The monoisotopic (exact) mass is 460 g/mol.